The third-order valence-electron chi connectivity index (χ3n) is 4.38. The molecule has 2 atom stereocenters. The first-order valence-electron chi connectivity index (χ1n) is 7.72. The number of carboxylic acids is 1. The number of pyridine rings is 1. The van der Waals surface area contributed by atoms with Crippen LogP contribution in [-0.2, 0) is 4.79 Å². The van der Waals surface area contributed by atoms with Crippen molar-refractivity contribution in [3.63, 3.8) is 0 Å². The topological polar surface area (TPSA) is 53.4 Å². The smallest absolute Gasteiger partial charge is 0.320 e. The number of thiophene rings is 1. The van der Waals surface area contributed by atoms with Crippen molar-refractivity contribution < 1.29 is 9.90 Å². The lowest BCUT2D eigenvalue weighted by molar-refractivity contribution is -0.145. The van der Waals surface area contributed by atoms with Crippen molar-refractivity contribution in [3.05, 3.63) is 50.9 Å². The van der Waals surface area contributed by atoms with Crippen LogP contribution in [0.4, 0.5) is 0 Å². The molecule has 0 aromatic carbocycles. The molecule has 23 heavy (non-hydrogen) atoms. The van der Waals surface area contributed by atoms with Crippen molar-refractivity contribution in [2.45, 2.75) is 38.3 Å². The van der Waals surface area contributed by atoms with E-state index in [1.807, 2.05) is 31.3 Å². The van der Waals surface area contributed by atoms with Gasteiger partial charge in [0.15, 0.2) is 0 Å². The van der Waals surface area contributed by atoms with Crippen LogP contribution in [0.25, 0.3) is 0 Å². The monoisotopic (exact) mass is 350 g/mol. The van der Waals surface area contributed by atoms with E-state index in [1.165, 1.54) is 11.3 Å². The predicted octanol–water partition coefficient (Wildman–Crippen LogP) is 4.13. The zero-order chi connectivity index (χ0) is 16.4. The van der Waals surface area contributed by atoms with E-state index in [4.69, 9.17) is 11.6 Å². The molecule has 3 heterocycles. The fourth-order valence-corrected chi connectivity index (χ4v) is 4.49. The molecule has 1 fully saturated rings. The molecule has 1 N–H and O–H groups in total. The van der Waals surface area contributed by atoms with Crippen molar-refractivity contribution in [3.8, 4) is 0 Å². The molecule has 0 radical (unpaired) electrons. The number of hydrogen-bond donors (Lipinski definition) is 1. The van der Waals surface area contributed by atoms with Crippen LogP contribution in [0.5, 0.6) is 0 Å². The molecule has 0 bridgehead atoms. The number of aryl methyl sites for hydroxylation is 1. The van der Waals surface area contributed by atoms with Gasteiger partial charge >= 0.3 is 5.97 Å². The molecule has 0 saturated carbocycles. The van der Waals surface area contributed by atoms with E-state index in [9.17, 15) is 9.90 Å². The van der Waals surface area contributed by atoms with E-state index in [0.717, 1.165) is 39.7 Å². The van der Waals surface area contributed by atoms with Gasteiger partial charge in [0.05, 0.1) is 10.4 Å². The van der Waals surface area contributed by atoms with Crippen molar-refractivity contribution in [1.82, 2.24) is 9.88 Å². The van der Waals surface area contributed by atoms with Gasteiger partial charge in [-0.1, -0.05) is 18.0 Å². The van der Waals surface area contributed by atoms with Crippen LogP contribution in [-0.4, -0.2) is 33.5 Å². The van der Waals surface area contributed by atoms with Gasteiger partial charge in [-0.25, -0.2) is 0 Å². The summed E-state index contributed by atoms with van der Waals surface area (Å²) >= 11 is 7.66. The number of rotatable bonds is 4. The molecule has 0 amide bonds. The largest absolute Gasteiger partial charge is 0.480 e. The van der Waals surface area contributed by atoms with Gasteiger partial charge in [0, 0.05) is 17.3 Å². The summed E-state index contributed by atoms with van der Waals surface area (Å²) in [6, 6.07) is 5.33. The van der Waals surface area contributed by atoms with Crippen LogP contribution in [0.15, 0.2) is 30.6 Å². The molecule has 0 spiro atoms. The molecule has 2 aromatic rings. The average Bonchev–Trinajstić information content (AvgIpc) is 2.96. The molecular formula is C17H19ClN2O2S. The molecule has 122 valence electrons. The molecule has 1 aliphatic heterocycles. The Bertz CT molecular complexity index is 703. The van der Waals surface area contributed by atoms with Gasteiger partial charge in [-0.05, 0) is 55.6 Å². The summed E-state index contributed by atoms with van der Waals surface area (Å²) in [5.74, 6) is -0.746. The Kier molecular flexibility index (Phi) is 4.99. The zero-order valence-corrected chi connectivity index (χ0v) is 14.5. The molecule has 1 aliphatic rings. The summed E-state index contributed by atoms with van der Waals surface area (Å²) in [5, 5.41) is 9.65. The summed E-state index contributed by atoms with van der Waals surface area (Å²) < 4.78 is 0.723. The first-order chi connectivity index (χ1) is 11.1. The van der Waals surface area contributed by atoms with E-state index >= 15 is 0 Å². The fraction of sp³-hybridized carbons (Fsp3) is 0.412. The maximum atomic E-state index is 11.7. The SMILES string of the molecule is Cc1cnccc1C(c1ccc(Cl)s1)N1CCCCC1C(=O)O. The third kappa shape index (κ3) is 3.42. The number of carbonyl (C=O) groups is 1. The lowest BCUT2D eigenvalue weighted by atomic mass is 9.94. The minimum absolute atomic E-state index is 0.0862. The second-order valence-electron chi connectivity index (χ2n) is 5.86. The highest BCUT2D eigenvalue weighted by Crippen LogP contribution is 2.39. The molecule has 0 aliphatic carbocycles. The summed E-state index contributed by atoms with van der Waals surface area (Å²) in [6.07, 6.45) is 6.26. The number of piperidine rings is 1. The predicted molar refractivity (Wildman–Crippen MR) is 92.1 cm³/mol. The second kappa shape index (κ2) is 6.99. The van der Waals surface area contributed by atoms with Crippen LogP contribution in [0.3, 0.4) is 0 Å². The van der Waals surface area contributed by atoms with Crippen molar-refractivity contribution in [1.29, 1.82) is 0 Å². The Morgan fingerprint density at radius 1 is 1.43 bits per heavy atom. The van der Waals surface area contributed by atoms with Crippen LogP contribution in [0, 0.1) is 6.92 Å². The summed E-state index contributed by atoms with van der Waals surface area (Å²) in [4.78, 5) is 19.1. The van der Waals surface area contributed by atoms with Gasteiger partial charge in [0.25, 0.3) is 0 Å². The Morgan fingerprint density at radius 3 is 2.91 bits per heavy atom. The number of carboxylic acid groups (broad SMARTS) is 1. The second-order valence-corrected chi connectivity index (χ2v) is 7.61. The number of likely N-dealkylation sites (tertiary alicyclic amines) is 1. The first kappa shape index (κ1) is 16.4. The number of hydrogen-bond acceptors (Lipinski definition) is 4. The molecule has 2 aromatic heterocycles. The van der Waals surface area contributed by atoms with Crippen LogP contribution in [0.2, 0.25) is 4.34 Å². The van der Waals surface area contributed by atoms with Crippen LogP contribution in [0.1, 0.15) is 41.3 Å². The number of aromatic nitrogens is 1. The summed E-state index contributed by atoms with van der Waals surface area (Å²) in [7, 11) is 0. The first-order valence-corrected chi connectivity index (χ1v) is 8.91. The minimum Gasteiger partial charge on any atom is -0.480 e. The Morgan fingerprint density at radius 2 is 2.26 bits per heavy atom. The molecular weight excluding hydrogens is 332 g/mol. The Balaban J connectivity index is 2.08. The van der Waals surface area contributed by atoms with Crippen molar-refractivity contribution in [2.24, 2.45) is 0 Å². The molecule has 2 unspecified atom stereocenters. The number of aliphatic carboxylic acids is 1. The van der Waals surface area contributed by atoms with Gasteiger partial charge < -0.3 is 5.11 Å². The van der Waals surface area contributed by atoms with Gasteiger partial charge in [0.1, 0.15) is 6.04 Å². The average molecular weight is 351 g/mol. The molecule has 4 nitrogen and oxygen atoms in total. The Labute approximate surface area is 144 Å². The van der Waals surface area contributed by atoms with Gasteiger partial charge in [0.2, 0.25) is 0 Å². The maximum Gasteiger partial charge on any atom is 0.320 e. The third-order valence-corrected chi connectivity index (χ3v) is 5.67. The quantitative estimate of drug-likeness (QED) is 0.900. The minimum atomic E-state index is -0.746. The van der Waals surface area contributed by atoms with E-state index in [-0.39, 0.29) is 6.04 Å². The zero-order valence-electron chi connectivity index (χ0n) is 12.9. The van der Waals surface area contributed by atoms with Gasteiger partial charge in [-0.3, -0.25) is 14.7 Å². The highest BCUT2D eigenvalue weighted by molar-refractivity contribution is 7.16. The molecule has 6 heteroatoms. The lowest BCUT2D eigenvalue weighted by Gasteiger charge is -2.39. The van der Waals surface area contributed by atoms with E-state index < -0.39 is 12.0 Å². The van der Waals surface area contributed by atoms with Gasteiger partial charge in [-0.2, -0.15) is 0 Å². The maximum absolute atomic E-state index is 11.7. The lowest BCUT2D eigenvalue weighted by Crippen LogP contribution is -2.46. The summed E-state index contributed by atoms with van der Waals surface area (Å²) in [6.45, 7) is 2.79. The van der Waals surface area contributed by atoms with Crippen LogP contribution >= 0.6 is 22.9 Å². The van der Waals surface area contributed by atoms with Crippen LogP contribution < -0.4 is 0 Å². The van der Waals surface area contributed by atoms with E-state index in [2.05, 4.69) is 9.88 Å². The highest BCUT2D eigenvalue weighted by Gasteiger charge is 2.36. The fourth-order valence-electron chi connectivity index (χ4n) is 3.29. The Hall–Kier alpha value is -1.43. The van der Waals surface area contributed by atoms with E-state index in [1.54, 1.807) is 6.20 Å². The normalized spacial score (nSPS) is 20.3. The van der Waals surface area contributed by atoms with Crippen molar-refractivity contribution in [2.75, 3.05) is 6.54 Å². The van der Waals surface area contributed by atoms with Gasteiger partial charge in [-0.15, -0.1) is 11.3 Å². The summed E-state index contributed by atoms with van der Waals surface area (Å²) in [5.41, 5.74) is 2.17. The standard InChI is InChI=1S/C17H19ClN2O2S/c1-11-10-19-8-7-12(11)16(14-5-6-15(18)23-14)20-9-3-2-4-13(20)17(21)22/h5-8,10,13,16H,2-4,9H2,1H3,(H,21,22). The van der Waals surface area contributed by atoms with Crippen molar-refractivity contribution >= 4 is 28.9 Å². The van der Waals surface area contributed by atoms with E-state index in [0.29, 0.717) is 6.42 Å². The number of nitrogens with zero attached hydrogens (tertiary/aromatic N) is 2. The molecule has 1 saturated heterocycles. The number of halogens is 1. The highest BCUT2D eigenvalue weighted by atomic mass is 35.5. The molecule has 3 rings (SSSR count).